The highest BCUT2D eigenvalue weighted by Crippen LogP contribution is 2.22. The predicted octanol–water partition coefficient (Wildman–Crippen LogP) is 2.02. The van der Waals surface area contributed by atoms with Crippen LogP contribution in [0.5, 0.6) is 0 Å². The van der Waals surface area contributed by atoms with Crippen molar-refractivity contribution in [2.75, 3.05) is 19.6 Å². The fourth-order valence-electron chi connectivity index (χ4n) is 2.79. The molecule has 2 fully saturated rings. The zero-order chi connectivity index (χ0) is 14.7. The van der Waals surface area contributed by atoms with E-state index in [1.54, 1.807) is 4.90 Å². The number of amides is 2. The summed E-state index contributed by atoms with van der Waals surface area (Å²) < 4.78 is 5.34. The minimum absolute atomic E-state index is 0.0791. The van der Waals surface area contributed by atoms with Gasteiger partial charge in [0.25, 0.3) is 0 Å². The Balaban J connectivity index is 1.56. The van der Waals surface area contributed by atoms with E-state index >= 15 is 0 Å². The first-order valence-electron chi connectivity index (χ1n) is 7.52. The van der Waals surface area contributed by atoms with Crippen LogP contribution in [-0.2, 0) is 16.1 Å². The fourth-order valence-corrected chi connectivity index (χ4v) is 2.79. The van der Waals surface area contributed by atoms with Crippen LogP contribution in [0.25, 0.3) is 0 Å². The summed E-state index contributed by atoms with van der Waals surface area (Å²) in [5.74, 6) is 0.0791. The average Bonchev–Trinajstić information content (AvgIpc) is 2.93. The van der Waals surface area contributed by atoms with Gasteiger partial charge >= 0.3 is 6.09 Å². The number of hydrogen-bond donors (Lipinski definition) is 0. The normalized spacial score (nSPS) is 21.0. The van der Waals surface area contributed by atoms with Gasteiger partial charge in [-0.05, 0) is 24.8 Å². The topological polar surface area (TPSA) is 49.9 Å². The van der Waals surface area contributed by atoms with Crippen molar-refractivity contribution in [1.82, 2.24) is 9.80 Å². The summed E-state index contributed by atoms with van der Waals surface area (Å²) in [6.07, 6.45) is 2.30. The molecule has 1 atom stereocenters. The Hall–Kier alpha value is -2.04. The van der Waals surface area contributed by atoms with E-state index in [0.29, 0.717) is 6.54 Å². The van der Waals surface area contributed by atoms with Crippen LogP contribution in [-0.4, -0.2) is 47.5 Å². The van der Waals surface area contributed by atoms with Gasteiger partial charge in [-0.25, -0.2) is 4.79 Å². The van der Waals surface area contributed by atoms with Crippen molar-refractivity contribution in [1.29, 1.82) is 0 Å². The quantitative estimate of drug-likeness (QED) is 0.855. The molecule has 0 aromatic heterocycles. The monoisotopic (exact) mass is 288 g/mol. The van der Waals surface area contributed by atoms with E-state index in [1.165, 1.54) is 0 Å². The van der Waals surface area contributed by atoms with Crippen molar-refractivity contribution in [3.63, 3.8) is 0 Å². The van der Waals surface area contributed by atoms with Crippen LogP contribution < -0.4 is 0 Å². The van der Waals surface area contributed by atoms with Gasteiger partial charge in [0.15, 0.2) is 0 Å². The number of benzene rings is 1. The van der Waals surface area contributed by atoms with E-state index < -0.39 is 0 Å². The van der Waals surface area contributed by atoms with E-state index in [4.69, 9.17) is 4.74 Å². The molecule has 21 heavy (non-hydrogen) atoms. The number of rotatable bonds is 3. The van der Waals surface area contributed by atoms with Crippen molar-refractivity contribution < 1.29 is 14.3 Å². The Morgan fingerprint density at radius 1 is 1.10 bits per heavy atom. The average molecular weight is 288 g/mol. The second kappa shape index (κ2) is 6.16. The summed E-state index contributed by atoms with van der Waals surface area (Å²) in [7, 11) is 0. The van der Waals surface area contributed by atoms with Crippen LogP contribution in [0.15, 0.2) is 30.3 Å². The minimum atomic E-state index is -0.379. The maximum Gasteiger partial charge on any atom is 0.410 e. The molecule has 0 saturated carbocycles. The lowest BCUT2D eigenvalue weighted by Crippen LogP contribution is -2.52. The molecule has 0 radical (unpaired) electrons. The van der Waals surface area contributed by atoms with E-state index in [0.717, 1.165) is 37.9 Å². The molecule has 112 valence electrons. The van der Waals surface area contributed by atoms with Crippen LogP contribution in [0.3, 0.4) is 0 Å². The van der Waals surface area contributed by atoms with Crippen molar-refractivity contribution in [3.8, 4) is 0 Å². The standard InChI is InChI=1S/C16H20N2O3/c19-15(17-9-5-10-17)14-8-4-11-18(14)16(20)21-12-13-6-2-1-3-7-13/h1-3,6-7,14H,4-5,8-12H2/t14-/m0/s1. The van der Waals surface area contributed by atoms with Crippen molar-refractivity contribution in [2.24, 2.45) is 0 Å². The third kappa shape index (κ3) is 3.01. The Kier molecular flexibility index (Phi) is 4.08. The fraction of sp³-hybridized carbons (Fsp3) is 0.500. The zero-order valence-electron chi connectivity index (χ0n) is 12.0. The van der Waals surface area contributed by atoms with Crippen molar-refractivity contribution in [3.05, 3.63) is 35.9 Å². The third-order valence-corrected chi connectivity index (χ3v) is 4.15. The SMILES string of the molecule is O=C([C@@H]1CCCN1C(=O)OCc1ccccc1)N1CCC1. The van der Waals surface area contributed by atoms with Gasteiger partial charge in [0.2, 0.25) is 5.91 Å². The van der Waals surface area contributed by atoms with Gasteiger partial charge < -0.3 is 9.64 Å². The minimum Gasteiger partial charge on any atom is -0.445 e. The number of nitrogens with zero attached hydrogens (tertiary/aromatic N) is 2. The zero-order valence-corrected chi connectivity index (χ0v) is 12.0. The molecule has 5 nitrogen and oxygen atoms in total. The van der Waals surface area contributed by atoms with E-state index in [9.17, 15) is 9.59 Å². The highest BCUT2D eigenvalue weighted by Gasteiger charge is 2.38. The smallest absolute Gasteiger partial charge is 0.410 e. The lowest BCUT2D eigenvalue weighted by Gasteiger charge is -2.35. The molecule has 2 aliphatic rings. The molecule has 2 aliphatic heterocycles. The summed E-state index contributed by atoms with van der Waals surface area (Å²) in [6.45, 7) is 2.50. The summed E-state index contributed by atoms with van der Waals surface area (Å²) in [5, 5.41) is 0. The first kappa shape index (κ1) is 13.9. The Morgan fingerprint density at radius 3 is 2.52 bits per heavy atom. The van der Waals surface area contributed by atoms with Gasteiger partial charge in [-0.2, -0.15) is 0 Å². The number of likely N-dealkylation sites (tertiary alicyclic amines) is 2. The molecule has 1 aromatic carbocycles. The van der Waals surface area contributed by atoms with Crippen LogP contribution >= 0.6 is 0 Å². The largest absolute Gasteiger partial charge is 0.445 e. The molecule has 0 bridgehead atoms. The van der Waals surface area contributed by atoms with Gasteiger partial charge in [-0.3, -0.25) is 9.69 Å². The lowest BCUT2D eigenvalue weighted by molar-refractivity contribution is -0.139. The van der Waals surface area contributed by atoms with Crippen LogP contribution in [0.4, 0.5) is 4.79 Å². The highest BCUT2D eigenvalue weighted by molar-refractivity contribution is 5.86. The second-order valence-corrected chi connectivity index (χ2v) is 5.57. The predicted molar refractivity (Wildman–Crippen MR) is 77.6 cm³/mol. The van der Waals surface area contributed by atoms with Gasteiger partial charge in [-0.15, -0.1) is 0 Å². The van der Waals surface area contributed by atoms with Crippen molar-refractivity contribution in [2.45, 2.75) is 31.9 Å². The maximum atomic E-state index is 12.3. The molecule has 3 rings (SSSR count). The van der Waals surface area contributed by atoms with Crippen molar-refractivity contribution >= 4 is 12.0 Å². The van der Waals surface area contributed by atoms with E-state index in [2.05, 4.69) is 0 Å². The van der Waals surface area contributed by atoms with Gasteiger partial charge in [-0.1, -0.05) is 30.3 Å². The highest BCUT2D eigenvalue weighted by atomic mass is 16.6. The second-order valence-electron chi connectivity index (χ2n) is 5.57. The number of carbonyl (C=O) groups excluding carboxylic acids is 2. The molecule has 0 N–H and O–H groups in total. The Labute approximate surface area is 124 Å². The molecular weight excluding hydrogens is 268 g/mol. The van der Waals surface area contributed by atoms with Crippen LogP contribution in [0.1, 0.15) is 24.8 Å². The molecule has 0 spiro atoms. The van der Waals surface area contributed by atoms with Gasteiger partial charge in [0, 0.05) is 19.6 Å². The Bertz CT molecular complexity index is 514. The summed E-state index contributed by atoms with van der Waals surface area (Å²) in [6, 6.07) is 9.26. The van der Waals surface area contributed by atoms with Gasteiger partial charge in [0.1, 0.15) is 12.6 Å². The summed E-state index contributed by atoms with van der Waals surface area (Å²) in [5.41, 5.74) is 0.954. The maximum absolute atomic E-state index is 12.3. The first-order chi connectivity index (χ1) is 10.3. The molecule has 2 amide bonds. The van der Waals surface area contributed by atoms with E-state index in [1.807, 2.05) is 35.2 Å². The molecule has 2 saturated heterocycles. The molecule has 2 heterocycles. The first-order valence-corrected chi connectivity index (χ1v) is 7.52. The molecule has 0 aliphatic carbocycles. The third-order valence-electron chi connectivity index (χ3n) is 4.15. The number of ether oxygens (including phenoxy) is 1. The van der Waals surface area contributed by atoms with Crippen LogP contribution in [0.2, 0.25) is 0 Å². The van der Waals surface area contributed by atoms with Gasteiger partial charge in [0.05, 0.1) is 0 Å². The van der Waals surface area contributed by atoms with Crippen LogP contribution in [0, 0.1) is 0 Å². The summed E-state index contributed by atoms with van der Waals surface area (Å²) >= 11 is 0. The van der Waals surface area contributed by atoms with E-state index in [-0.39, 0.29) is 24.6 Å². The Morgan fingerprint density at radius 2 is 1.86 bits per heavy atom. The molecule has 1 aromatic rings. The number of carbonyl (C=O) groups is 2. The molecule has 5 heteroatoms. The summed E-state index contributed by atoms with van der Waals surface area (Å²) in [4.78, 5) is 27.9. The molecular formula is C16H20N2O3. The lowest BCUT2D eigenvalue weighted by atomic mass is 10.1. The number of hydrogen-bond acceptors (Lipinski definition) is 3. The molecule has 0 unspecified atom stereocenters.